The Bertz CT molecular complexity index is 411. The van der Waals surface area contributed by atoms with Crippen molar-refractivity contribution in [3.05, 3.63) is 40.0 Å². The maximum absolute atomic E-state index is 10.8. The van der Waals surface area contributed by atoms with E-state index in [0.717, 1.165) is 0 Å². The summed E-state index contributed by atoms with van der Waals surface area (Å²) in [7, 11) is 0. The van der Waals surface area contributed by atoms with Gasteiger partial charge < -0.3 is 4.74 Å². The molecule has 0 heterocycles. The lowest BCUT2D eigenvalue weighted by molar-refractivity contribution is -0.385. The molecule has 0 aliphatic rings. The summed E-state index contributed by atoms with van der Waals surface area (Å²) in [6.45, 7) is 5.65. The highest BCUT2D eigenvalue weighted by molar-refractivity contribution is 5.62. The fourth-order valence-corrected chi connectivity index (χ4v) is 1.36. The van der Waals surface area contributed by atoms with Crippen molar-refractivity contribution in [1.82, 2.24) is 0 Å². The molecule has 0 radical (unpaired) electrons. The van der Waals surface area contributed by atoms with Gasteiger partial charge in [-0.25, -0.2) is 0 Å². The molecule has 0 aliphatic carbocycles. The number of rotatable bonds is 4. The molecule has 0 unspecified atom stereocenters. The number of nitrogens with zero attached hydrogens (tertiary/aromatic N) is 1. The van der Waals surface area contributed by atoms with Crippen LogP contribution in [0.2, 0.25) is 0 Å². The molecule has 0 N–H and O–H groups in total. The number of hydrogen-bond acceptors (Lipinski definition) is 3. The molecular formula is C12H15NO3. The number of benzene rings is 1. The summed E-state index contributed by atoms with van der Waals surface area (Å²) < 4.78 is 5.48. The van der Waals surface area contributed by atoms with Gasteiger partial charge in [0.25, 0.3) is 5.69 Å². The first-order chi connectivity index (χ1) is 7.54. The molecular weight excluding hydrogens is 206 g/mol. The second-order valence-electron chi connectivity index (χ2n) is 3.64. The molecule has 4 heteroatoms. The van der Waals surface area contributed by atoms with Gasteiger partial charge in [-0.2, -0.15) is 0 Å². The third kappa shape index (κ3) is 3.08. The highest BCUT2D eigenvalue weighted by Crippen LogP contribution is 2.25. The van der Waals surface area contributed by atoms with Crippen LogP contribution in [0.5, 0.6) is 5.75 Å². The van der Waals surface area contributed by atoms with Gasteiger partial charge >= 0.3 is 0 Å². The number of ether oxygens (including phenoxy) is 1. The smallest absolute Gasteiger partial charge is 0.276 e. The van der Waals surface area contributed by atoms with Crippen molar-refractivity contribution in [1.29, 1.82) is 0 Å². The normalized spacial score (nSPS) is 11.0. The van der Waals surface area contributed by atoms with Gasteiger partial charge in [0.05, 0.1) is 16.6 Å². The molecule has 1 rings (SSSR count). The fourth-order valence-electron chi connectivity index (χ4n) is 1.36. The van der Waals surface area contributed by atoms with Crippen LogP contribution < -0.4 is 4.74 Å². The molecule has 86 valence electrons. The van der Waals surface area contributed by atoms with E-state index in [1.165, 1.54) is 6.07 Å². The molecule has 0 bridgehead atoms. The second kappa shape index (κ2) is 5.30. The Hall–Kier alpha value is -1.84. The van der Waals surface area contributed by atoms with E-state index in [4.69, 9.17) is 4.74 Å². The first-order valence-electron chi connectivity index (χ1n) is 5.12. The average Bonchev–Trinajstić information content (AvgIpc) is 2.17. The first-order valence-corrected chi connectivity index (χ1v) is 5.12. The number of nitro groups is 1. The SMILES string of the molecule is CC=Cc1cc(OC(C)C)ccc1[N+](=O)[O-]. The molecule has 1 aromatic rings. The fraction of sp³-hybridized carbons (Fsp3) is 0.333. The van der Waals surface area contributed by atoms with Crippen molar-refractivity contribution in [2.24, 2.45) is 0 Å². The molecule has 0 amide bonds. The van der Waals surface area contributed by atoms with E-state index in [0.29, 0.717) is 11.3 Å². The highest BCUT2D eigenvalue weighted by atomic mass is 16.6. The Kier molecular flexibility index (Phi) is 4.05. The van der Waals surface area contributed by atoms with Crippen molar-refractivity contribution in [3.63, 3.8) is 0 Å². The molecule has 0 fully saturated rings. The van der Waals surface area contributed by atoms with E-state index in [1.54, 1.807) is 24.3 Å². The number of hydrogen-bond donors (Lipinski definition) is 0. The quantitative estimate of drug-likeness (QED) is 0.578. The third-order valence-electron chi connectivity index (χ3n) is 1.91. The van der Waals surface area contributed by atoms with E-state index in [9.17, 15) is 10.1 Å². The van der Waals surface area contributed by atoms with Gasteiger partial charge in [-0.15, -0.1) is 0 Å². The van der Waals surface area contributed by atoms with Crippen molar-refractivity contribution in [3.8, 4) is 5.75 Å². The van der Waals surface area contributed by atoms with E-state index < -0.39 is 4.92 Å². The highest BCUT2D eigenvalue weighted by Gasteiger charge is 2.12. The van der Waals surface area contributed by atoms with Crippen LogP contribution in [0.3, 0.4) is 0 Å². The molecule has 0 spiro atoms. The molecule has 0 aromatic heterocycles. The van der Waals surface area contributed by atoms with Crippen molar-refractivity contribution in [2.45, 2.75) is 26.9 Å². The molecule has 1 aromatic carbocycles. The van der Waals surface area contributed by atoms with E-state index in [2.05, 4.69) is 0 Å². The van der Waals surface area contributed by atoms with Crippen LogP contribution in [-0.4, -0.2) is 11.0 Å². The van der Waals surface area contributed by atoms with Crippen LogP contribution in [0.1, 0.15) is 26.3 Å². The number of nitro benzene ring substituents is 1. The van der Waals surface area contributed by atoms with Crippen LogP contribution in [0.4, 0.5) is 5.69 Å². The Morgan fingerprint density at radius 1 is 1.44 bits per heavy atom. The minimum atomic E-state index is -0.394. The molecule has 4 nitrogen and oxygen atoms in total. The second-order valence-corrected chi connectivity index (χ2v) is 3.64. The van der Waals surface area contributed by atoms with Crippen LogP contribution in [0.15, 0.2) is 24.3 Å². The lowest BCUT2D eigenvalue weighted by Crippen LogP contribution is -2.05. The Balaban J connectivity index is 3.12. The first kappa shape index (κ1) is 12.2. The largest absolute Gasteiger partial charge is 0.491 e. The molecule has 0 saturated carbocycles. The standard InChI is InChI=1S/C12H15NO3/c1-4-5-10-8-11(16-9(2)3)6-7-12(10)13(14)15/h4-9H,1-3H3. The van der Waals surface area contributed by atoms with Crippen LogP contribution >= 0.6 is 0 Å². The summed E-state index contributed by atoms with van der Waals surface area (Å²) in [6, 6.07) is 4.76. The predicted octanol–water partition coefficient (Wildman–Crippen LogP) is 3.42. The molecule has 16 heavy (non-hydrogen) atoms. The van der Waals surface area contributed by atoms with Gasteiger partial charge in [0.2, 0.25) is 0 Å². The van der Waals surface area contributed by atoms with Crippen molar-refractivity contribution < 1.29 is 9.66 Å². The monoisotopic (exact) mass is 221 g/mol. The van der Waals surface area contributed by atoms with Crippen molar-refractivity contribution in [2.75, 3.05) is 0 Å². The zero-order chi connectivity index (χ0) is 12.1. The van der Waals surface area contributed by atoms with Crippen LogP contribution in [0, 0.1) is 10.1 Å². The Labute approximate surface area is 94.7 Å². The van der Waals surface area contributed by atoms with E-state index in [-0.39, 0.29) is 11.8 Å². The summed E-state index contributed by atoms with van der Waals surface area (Å²) in [4.78, 5) is 10.4. The summed E-state index contributed by atoms with van der Waals surface area (Å²) in [5.74, 6) is 0.647. The summed E-state index contributed by atoms with van der Waals surface area (Å²) >= 11 is 0. The summed E-state index contributed by atoms with van der Waals surface area (Å²) in [5.41, 5.74) is 0.653. The van der Waals surface area contributed by atoms with E-state index in [1.807, 2.05) is 20.8 Å². The molecule has 0 atom stereocenters. The summed E-state index contributed by atoms with van der Waals surface area (Å²) in [5, 5.41) is 10.8. The van der Waals surface area contributed by atoms with Crippen LogP contribution in [-0.2, 0) is 0 Å². The maximum Gasteiger partial charge on any atom is 0.276 e. The zero-order valence-electron chi connectivity index (χ0n) is 9.64. The van der Waals surface area contributed by atoms with Gasteiger partial charge in [0.1, 0.15) is 5.75 Å². The lowest BCUT2D eigenvalue weighted by atomic mass is 10.1. The Morgan fingerprint density at radius 2 is 2.12 bits per heavy atom. The lowest BCUT2D eigenvalue weighted by Gasteiger charge is -2.10. The zero-order valence-corrected chi connectivity index (χ0v) is 9.64. The van der Waals surface area contributed by atoms with Gasteiger partial charge in [0, 0.05) is 6.07 Å². The van der Waals surface area contributed by atoms with Gasteiger partial charge in [0.15, 0.2) is 0 Å². The van der Waals surface area contributed by atoms with Gasteiger partial charge in [-0.05, 0) is 32.9 Å². The minimum Gasteiger partial charge on any atom is -0.491 e. The van der Waals surface area contributed by atoms with E-state index >= 15 is 0 Å². The van der Waals surface area contributed by atoms with Gasteiger partial charge in [-0.1, -0.05) is 12.2 Å². The number of allylic oxidation sites excluding steroid dienone is 1. The average molecular weight is 221 g/mol. The van der Waals surface area contributed by atoms with Gasteiger partial charge in [-0.3, -0.25) is 10.1 Å². The maximum atomic E-state index is 10.8. The van der Waals surface area contributed by atoms with Crippen molar-refractivity contribution >= 4 is 11.8 Å². The summed E-state index contributed by atoms with van der Waals surface area (Å²) in [6.07, 6.45) is 3.52. The van der Waals surface area contributed by atoms with Crippen LogP contribution in [0.25, 0.3) is 6.08 Å². The molecule has 0 saturated heterocycles. The third-order valence-corrected chi connectivity index (χ3v) is 1.91. The predicted molar refractivity (Wildman–Crippen MR) is 63.6 cm³/mol. The topological polar surface area (TPSA) is 52.4 Å². The molecule has 0 aliphatic heterocycles. The Morgan fingerprint density at radius 3 is 2.62 bits per heavy atom. The minimum absolute atomic E-state index is 0.0555.